The largest absolute Gasteiger partial charge is 0.212 e. The first-order valence-electron chi connectivity index (χ1n) is 6.98. The summed E-state index contributed by atoms with van der Waals surface area (Å²) in [6, 6.07) is 13.4. The van der Waals surface area contributed by atoms with Crippen LogP contribution in [0.3, 0.4) is 0 Å². The van der Waals surface area contributed by atoms with E-state index in [2.05, 4.69) is 26.1 Å². The smallest absolute Gasteiger partial charge is 0.187 e. The molecule has 0 aliphatic carbocycles. The van der Waals surface area contributed by atoms with Crippen molar-refractivity contribution in [3.8, 4) is 11.4 Å². The maximum absolute atomic E-state index is 6.10. The zero-order chi connectivity index (χ0) is 16.7. The zero-order valence-corrected chi connectivity index (χ0v) is 16.0. The average molecular weight is 440 g/mol. The molecule has 0 spiro atoms. The van der Waals surface area contributed by atoms with Crippen molar-refractivity contribution in [2.45, 2.75) is 5.16 Å². The molecular weight excluding hydrogens is 431 g/mol. The molecule has 0 fully saturated rings. The number of halogens is 3. The van der Waals surface area contributed by atoms with Crippen LogP contribution in [0.15, 0.2) is 57.2 Å². The van der Waals surface area contributed by atoms with E-state index in [1.54, 1.807) is 34.6 Å². The number of hydrogen-bond acceptors (Lipinski definition) is 4. The Morgan fingerprint density at radius 1 is 0.958 bits per heavy atom. The first-order chi connectivity index (χ1) is 11.6. The molecule has 0 saturated carbocycles. The Morgan fingerprint density at radius 3 is 2.38 bits per heavy atom. The molecular formula is C16H9BrCl2N4S. The number of benzene rings is 2. The Morgan fingerprint density at radius 2 is 1.67 bits per heavy atom. The van der Waals surface area contributed by atoms with Gasteiger partial charge in [0.2, 0.25) is 5.16 Å². The van der Waals surface area contributed by atoms with Crippen LogP contribution in [0.2, 0.25) is 10.0 Å². The van der Waals surface area contributed by atoms with Gasteiger partial charge < -0.3 is 0 Å². The van der Waals surface area contributed by atoms with E-state index in [4.69, 9.17) is 28.3 Å². The van der Waals surface area contributed by atoms with E-state index in [9.17, 15) is 0 Å². The van der Waals surface area contributed by atoms with Gasteiger partial charge in [0.15, 0.2) is 5.82 Å². The lowest BCUT2D eigenvalue weighted by Crippen LogP contribution is -2.13. The topological polar surface area (TPSA) is 43.1 Å². The second-order valence-corrected chi connectivity index (χ2v) is 7.85. The zero-order valence-electron chi connectivity index (χ0n) is 12.1. The van der Waals surface area contributed by atoms with Crippen LogP contribution in [0.25, 0.3) is 11.4 Å². The predicted molar refractivity (Wildman–Crippen MR) is 102 cm³/mol. The molecule has 0 saturated heterocycles. The summed E-state index contributed by atoms with van der Waals surface area (Å²) >= 11 is 17.3. The minimum absolute atomic E-state index is 0.551. The Kier molecular flexibility index (Phi) is 4.39. The molecule has 4 nitrogen and oxygen atoms in total. The van der Waals surface area contributed by atoms with Crippen LogP contribution in [0.5, 0.6) is 0 Å². The summed E-state index contributed by atoms with van der Waals surface area (Å²) in [5, 5.41) is 15.0. The summed E-state index contributed by atoms with van der Waals surface area (Å²) in [7, 11) is 0. The second kappa shape index (κ2) is 6.52. The van der Waals surface area contributed by atoms with Gasteiger partial charge in [-0.3, -0.25) is 0 Å². The molecule has 2 aromatic carbocycles. The van der Waals surface area contributed by atoms with E-state index < -0.39 is 0 Å². The molecule has 0 amide bonds. The molecule has 0 bridgehead atoms. The summed E-state index contributed by atoms with van der Waals surface area (Å²) < 4.78 is 2.78. The normalized spacial score (nSPS) is 13.5. The van der Waals surface area contributed by atoms with Crippen molar-refractivity contribution in [1.82, 2.24) is 14.9 Å². The summed E-state index contributed by atoms with van der Waals surface area (Å²) in [6.07, 6.45) is 0. The molecule has 8 heteroatoms. The molecule has 1 aliphatic heterocycles. The standard InChI is InChI=1S/C16H9BrCl2N4S/c17-11-3-1-9(2-4-11)14-8-24-16-21-20-15(23(16)22-14)10-5-12(18)7-13(19)6-10/h1-7H,8H2. The summed E-state index contributed by atoms with van der Waals surface area (Å²) in [5.41, 5.74) is 2.82. The summed E-state index contributed by atoms with van der Waals surface area (Å²) in [6.45, 7) is 0. The molecule has 0 N–H and O–H groups in total. The third-order valence-corrected chi connectivity index (χ3v) is 5.36. The maximum atomic E-state index is 6.10. The van der Waals surface area contributed by atoms with Crippen LogP contribution in [0.1, 0.15) is 5.56 Å². The van der Waals surface area contributed by atoms with Crippen LogP contribution in [0.4, 0.5) is 0 Å². The van der Waals surface area contributed by atoms with Crippen LogP contribution >= 0.6 is 50.9 Å². The van der Waals surface area contributed by atoms with E-state index >= 15 is 0 Å². The highest BCUT2D eigenvalue weighted by atomic mass is 79.9. The lowest BCUT2D eigenvalue weighted by molar-refractivity contribution is 0.762. The van der Waals surface area contributed by atoms with Crippen molar-refractivity contribution in [2.75, 3.05) is 5.75 Å². The number of rotatable bonds is 2. The number of hydrogen-bond donors (Lipinski definition) is 0. The Bertz CT molecular complexity index is 933. The van der Waals surface area contributed by atoms with Crippen molar-refractivity contribution >= 4 is 56.6 Å². The fourth-order valence-corrected chi connectivity index (χ4v) is 4.00. The number of aromatic nitrogens is 3. The van der Waals surface area contributed by atoms with Gasteiger partial charge in [-0.05, 0) is 35.9 Å². The highest BCUT2D eigenvalue weighted by Crippen LogP contribution is 2.31. The van der Waals surface area contributed by atoms with Gasteiger partial charge in [-0.1, -0.05) is 63.0 Å². The van der Waals surface area contributed by atoms with Gasteiger partial charge in [0.25, 0.3) is 0 Å². The quantitative estimate of drug-likeness (QED) is 0.538. The Hall–Kier alpha value is -1.34. The van der Waals surface area contributed by atoms with Crippen molar-refractivity contribution < 1.29 is 0 Å². The van der Waals surface area contributed by atoms with Gasteiger partial charge >= 0.3 is 0 Å². The third-order valence-electron chi connectivity index (χ3n) is 3.47. The van der Waals surface area contributed by atoms with Crippen molar-refractivity contribution in [3.63, 3.8) is 0 Å². The predicted octanol–water partition coefficient (Wildman–Crippen LogP) is 5.37. The number of thioether (sulfide) groups is 1. The molecule has 3 aromatic rings. The van der Waals surface area contributed by atoms with Gasteiger partial charge in [-0.15, -0.1) is 10.2 Å². The maximum Gasteiger partial charge on any atom is 0.212 e. The second-order valence-electron chi connectivity index (χ2n) is 5.12. The van der Waals surface area contributed by atoms with Crippen LogP contribution in [-0.4, -0.2) is 26.3 Å². The molecule has 0 atom stereocenters. The number of nitrogens with zero attached hydrogens (tertiary/aromatic N) is 4. The molecule has 1 aliphatic rings. The van der Waals surface area contributed by atoms with E-state index in [0.29, 0.717) is 15.9 Å². The minimum atomic E-state index is 0.551. The average Bonchev–Trinajstić information content (AvgIpc) is 2.97. The molecule has 0 radical (unpaired) electrons. The fraction of sp³-hybridized carbons (Fsp3) is 0.0625. The molecule has 24 heavy (non-hydrogen) atoms. The van der Waals surface area contributed by atoms with Crippen LogP contribution in [0, 0.1) is 0 Å². The lowest BCUT2D eigenvalue weighted by atomic mass is 10.1. The van der Waals surface area contributed by atoms with E-state index in [-0.39, 0.29) is 0 Å². The SMILES string of the molecule is Clc1cc(Cl)cc(-c2nnc3n2N=C(c2ccc(Br)cc2)CS3)c1. The first kappa shape index (κ1) is 16.1. The van der Waals surface area contributed by atoms with Crippen molar-refractivity contribution in [3.05, 3.63) is 62.5 Å². The number of fused-ring (bicyclic) bond motifs is 1. The van der Waals surface area contributed by atoms with Gasteiger partial charge in [0, 0.05) is 25.8 Å². The van der Waals surface area contributed by atoms with E-state index in [1.807, 2.05) is 24.3 Å². The van der Waals surface area contributed by atoms with E-state index in [0.717, 1.165) is 32.2 Å². The van der Waals surface area contributed by atoms with Crippen molar-refractivity contribution in [2.24, 2.45) is 5.10 Å². The van der Waals surface area contributed by atoms with E-state index in [1.165, 1.54) is 0 Å². The Balaban J connectivity index is 1.80. The monoisotopic (exact) mass is 438 g/mol. The van der Waals surface area contributed by atoms with Crippen LogP contribution < -0.4 is 0 Å². The molecule has 0 unspecified atom stereocenters. The molecule has 1 aromatic heterocycles. The summed E-state index contributed by atoms with van der Waals surface area (Å²) in [4.78, 5) is 0. The van der Waals surface area contributed by atoms with Gasteiger partial charge in [0.05, 0.1) is 5.71 Å². The van der Waals surface area contributed by atoms with Gasteiger partial charge in [-0.25, -0.2) is 0 Å². The minimum Gasteiger partial charge on any atom is -0.187 e. The lowest BCUT2D eigenvalue weighted by Gasteiger charge is -2.14. The fourth-order valence-electron chi connectivity index (χ4n) is 2.37. The molecule has 2 heterocycles. The Labute approximate surface area is 161 Å². The first-order valence-corrected chi connectivity index (χ1v) is 9.52. The molecule has 120 valence electrons. The highest BCUT2D eigenvalue weighted by Gasteiger charge is 2.21. The highest BCUT2D eigenvalue weighted by molar-refractivity contribution is 9.10. The summed E-state index contributed by atoms with van der Waals surface area (Å²) in [5.74, 6) is 1.37. The van der Waals surface area contributed by atoms with Crippen molar-refractivity contribution in [1.29, 1.82) is 0 Å². The van der Waals surface area contributed by atoms with Gasteiger partial charge in [0.1, 0.15) is 0 Å². The molecule has 4 rings (SSSR count). The van der Waals surface area contributed by atoms with Gasteiger partial charge in [-0.2, -0.15) is 9.78 Å². The van der Waals surface area contributed by atoms with Crippen LogP contribution in [-0.2, 0) is 0 Å². The third kappa shape index (κ3) is 3.11.